The van der Waals surface area contributed by atoms with Gasteiger partial charge < -0.3 is 14.6 Å². The fraction of sp³-hybridized carbons (Fsp3) is 0.562. The average molecular weight is 278 g/mol. The predicted octanol–water partition coefficient (Wildman–Crippen LogP) is 3.14. The van der Waals surface area contributed by atoms with Crippen molar-refractivity contribution in [2.24, 2.45) is 11.8 Å². The van der Waals surface area contributed by atoms with Crippen LogP contribution in [-0.4, -0.2) is 24.8 Å². The van der Waals surface area contributed by atoms with Crippen LogP contribution in [0.15, 0.2) is 18.2 Å². The van der Waals surface area contributed by atoms with Gasteiger partial charge in [-0.05, 0) is 49.3 Å². The number of ether oxygens (including phenoxy) is 2. The smallest absolute Gasteiger partial charge is 0.306 e. The summed E-state index contributed by atoms with van der Waals surface area (Å²) in [5.41, 5.74) is 1.17. The molecule has 1 N–H and O–H groups in total. The molecule has 0 aromatic heterocycles. The zero-order valence-corrected chi connectivity index (χ0v) is 12.1. The molecule has 0 bridgehead atoms. The first-order valence-electron chi connectivity index (χ1n) is 7.18. The van der Waals surface area contributed by atoms with Gasteiger partial charge in [0.05, 0.1) is 19.6 Å². The second-order valence-electron chi connectivity index (χ2n) is 5.31. The van der Waals surface area contributed by atoms with Gasteiger partial charge in [0, 0.05) is 0 Å². The lowest BCUT2D eigenvalue weighted by atomic mass is 10.1. The van der Waals surface area contributed by atoms with Gasteiger partial charge in [-0.15, -0.1) is 0 Å². The third-order valence-corrected chi connectivity index (χ3v) is 3.73. The van der Waals surface area contributed by atoms with E-state index in [4.69, 9.17) is 14.6 Å². The first-order valence-corrected chi connectivity index (χ1v) is 7.18. The minimum Gasteiger partial charge on any atom is -0.493 e. The van der Waals surface area contributed by atoms with Crippen LogP contribution >= 0.6 is 0 Å². The molecule has 0 aliphatic heterocycles. The fourth-order valence-corrected chi connectivity index (χ4v) is 2.42. The number of carboxylic acid groups (broad SMARTS) is 1. The second-order valence-corrected chi connectivity index (χ2v) is 5.31. The van der Waals surface area contributed by atoms with Crippen LogP contribution in [0.25, 0.3) is 0 Å². The zero-order valence-electron chi connectivity index (χ0n) is 12.1. The van der Waals surface area contributed by atoms with Crippen LogP contribution in [0.4, 0.5) is 0 Å². The molecule has 0 saturated heterocycles. The van der Waals surface area contributed by atoms with Gasteiger partial charge in [0.2, 0.25) is 0 Å². The van der Waals surface area contributed by atoms with Crippen molar-refractivity contribution < 1.29 is 19.4 Å². The molecule has 1 aromatic rings. The van der Waals surface area contributed by atoms with Crippen LogP contribution in [0.3, 0.4) is 0 Å². The molecule has 1 aliphatic carbocycles. The number of aliphatic carboxylic acids is 1. The van der Waals surface area contributed by atoms with Crippen molar-refractivity contribution in [3.63, 3.8) is 0 Å². The Morgan fingerprint density at radius 1 is 1.40 bits per heavy atom. The third-order valence-electron chi connectivity index (χ3n) is 3.73. The summed E-state index contributed by atoms with van der Waals surface area (Å²) in [6.07, 6.45) is 3.60. The van der Waals surface area contributed by atoms with E-state index in [1.54, 1.807) is 7.11 Å². The van der Waals surface area contributed by atoms with Gasteiger partial charge in [-0.2, -0.15) is 0 Å². The quantitative estimate of drug-likeness (QED) is 0.793. The van der Waals surface area contributed by atoms with Gasteiger partial charge in [0.25, 0.3) is 0 Å². The summed E-state index contributed by atoms with van der Waals surface area (Å²) in [6.45, 7) is 2.74. The van der Waals surface area contributed by atoms with Crippen LogP contribution in [-0.2, 0) is 11.2 Å². The minimum atomic E-state index is -0.657. The fourth-order valence-electron chi connectivity index (χ4n) is 2.42. The molecule has 20 heavy (non-hydrogen) atoms. The molecule has 1 aliphatic rings. The molecule has 110 valence electrons. The lowest BCUT2D eigenvalue weighted by Crippen LogP contribution is -2.01. The van der Waals surface area contributed by atoms with Crippen molar-refractivity contribution in [2.75, 3.05) is 13.7 Å². The monoisotopic (exact) mass is 278 g/mol. The van der Waals surface area contributed by atoms with Crippen molar-refractivity contribution in [3.8, 4) is 11.5 Å². The molecule has 1 saturated carbocycles. The van der Waals surface area contributed by atoms with Crippen molar-refractivity contribution in [1.82, 2.24) is 0 Å². The van der Waals surface area contributed by atoms with E-state index in [2.05, 4.69) is 6.92 Å². The number of methoxy groups -OCH3 is 1. The Kier molecular flexibility index (Phi) is 4.88. The Morgan fingerprint density at radius 2 is 2.20 bits per heavy atom. The lowest BCUT2D eigenvalue weighted by Gasteiger charge is -2.11. The van der Waals surface area contributed by atoms with Crippen molar-refractivity contribution in [3.05, 3.63) is 23.8 Å². The van der Waals surface area contributed by atoms with Crippen LogP contribution < -0.4 is 9.47 Å². The molecule has 0 spiro atoms. The molecular formula is C16H22O4. The second kappa shape index (κ2) is 6.64. The normalized spacial score (nSPS) is 20.5. The summed E-state index contributed by atoms with van der Waals surface area (Å²) in [5, 5.41) is 8.89. The minimum absolute atomic E-state index is 0.121. The number of carbonyl (C=O) groups is 1. The van der Waals surface area contributed by atoms with Crippen molar-refractivity contribution in [1.29, 1.82) is 0 Å². The standard InChI is InChI=1S/C16H22O4/c1-3-8-20-14-7-5-11(9-15(14)19-2)4-6-12-10-13(12)16(17)18/h5,7,9,12-13H,3-4,6,8,10H2,1-2H3,(H,17,18). The number of benzene rings is 1. The highest BCUT2D eigenvalue weighted by Gasteiger charge is 2.42. The Balaban J connectivity index is 1.90. The average Bonchev–Trinajstić information content (AvgIpc) is 3.23. The number of hydrogen-bond acceptors (Lipinski definition) is 3. The van der Waals surface area contributed by atoms with Gasteiger partial charge in [-0.1, -0.05) is 13.0 Å². The Hall–Kier alpha value is -1.71. The summed E-state index contributed by atoms with van der Waals surface area (Å²) in [6, 6.07) is 5.96. The van der Waals surface area contributed by atoms with E-state index in [-0.39, 0.29) is 5.92 Å². The summed E-state index contributed by atoms with van der Waals surface area (Å²) in [7, 11) is 1.64. The van der Waals surface area contributed by atoms with E-state index < -0.39 is 5.97 Å². The van der Waals surface area contributed by atoms with Crippen molar-refractivity contribution >= 4 is 5.97 Å². The molecule has 0 heterocycles. The van der Waals surface area contributed by atoms with Gasteiger partial charge in [0.15, 0.2) is 11.5 Å². The maximum atomic E-state index is 10.8. The Morgan fingerprint density at radius 3 is 2.80 bits per heavy atom. The predicted molar refractivity (Wildman–Crippen MR) is 76.3 cm³/mol. The van der Waals surface area contributed by atoms with E-state index in [1.165, 1.54) is 5.56 Å². The highest BCUT2D eigenvalue weighted by atomic mass is 16.5. The first kappa shape index (κ1) is 14.7. The van der Waals surface area contributed by atoms with E-state index in [9.17, 15) is 4.79 Å². The number of rotatable bonds is 8. The molecule has 0 amide bonds. The van der Waals surface area contributed by atoms with Gasteiger partial charge in [-0.25, -0.2) is 0 Å². The molecule has 1 fully saturated rings. The highest BCUT2D eigenvalue weighted by molar-refractivity contribution is 5.73. The summed E-state index contributed by atoms with van der Waals surface area (Å²) >= 11 is 0. The summed E-state index contributed by atoms with van der Waals surface area (Å²) in [4.78, 5) is 10.8. The Labute approximate surface area is 119 Å². The van der Waals surface area contributed by atoms with E-state index in [0.717, 1.165) is 37.2 Å². The number of aryl methyl sites for hydroxylation is 1. The molecule has 4 nitrogen and oxygen atoms in total. The van der Waals surface area contributed by atoms with Gasteiger partial charge in [-0.3, -0.25) is 4.79 Å². The molecule has 1 aromatic carbocycles. The van der Waals surface area contributed by atoms with Crippen molar-refractivity contribution in [2.45, 2.75) is 32.6 Å². The van der Waals surface area contributed by atoms with Crippen LogP contribution in [0, 0.1) is 11.8 Å². The first-order chi connectivity index (χ1) is 9.65. The molecule has 4 heteroatoms. The molecule has 2 unspecified atom stereocenters. The largest absolute Gasteiger partial charge is 0.493 e. The lowest BCUT2D eigenvalue weighted by molar-refractivity contribution is -0.138. The van der Waals surface area contributed by atoms with Crippen LogP contribution in [0.1, 0.15) is 31.7 Å². The maximum absolute atomic E-state index is 10.8. The maximum Gasteiger partial charge on any atom is 0.306 e. The van der Waals surface area contributed by atoms with Gasteiger partial charge >= 0.3 is 5.97 Å². The third kappa shape index (κ3) is 3.65. The topological polar surface area (TPSA) is 55.8 Å². The molecule has 2 atom stereocenters. The Bertz CT molecular complexity index is 470. The number of hydrogen-bond donors (Lipinski definition) is 1. The highest BCUT2D eigenvalue weighted by Crippen LogP contribution is 2.42. The SMILES string of the molecule is CCCOc1ccc(CCC2CC2C(=O)O)cc1OC. The van der Waals surface area contributed by atoms with Gasteiger partial charge in [0.1, 0.15) is 0 Å². The summed E-state index contributed by atoms with van der Waals surface area (Å²) < 4.78 is 11.0. The van der Waals surface area contributed by atoms with Crippen LogP contribution in [0.5, 0.6) is 11.5 Å². The van der Waals surface area contributed by atoms with E-state index >= 15 is 0 Å². The van der Waals surface area contributed by atoms with E-state index in [1.807, 2.05) is 18.2 Å². The zero-order chi connectivity index (χ0) is 14.5. The van der Waals surface area contributed by atoms with E-state index in [0.29, 0.717) is 12.5 Å². The molecule has 2 rings (SSSR count). The number of carboxylic acids is 1. The molecule has 0 radical (unpaired) electrons. The molecular weight excluding hydrogens is 256 g/mol. The van der Waals surface area contributed by atoms with Crippen LogP contribution in [0.2, 0.25) is 0 Å². The summed E-state index contributed by atoms with van der Waals surface area (Å²) in [5.74, 6) is 1.09.